The molecule has 0 aromatic heterocycles. The zero-order chi connectivity index (χ0) is 12.5. The van der Waals surface area contributed by atoms with Crippen molar-refractivity contribution in [2.45, 2.75) is 19.3 Å². The molecular formula is C12H13Br2NO2. The summed E-state index contributed by atoms with van der Waals surface area (Å²) in [4.78, 5) is 11.0. The number of carboxylic acids is 1. The van der Waals surface area contributed by atoms with Gasteiger partial charge in [0.05, 0.1) is 6.42 Å². The van der Waals surface area contributed by atoms with Crippen LogP contribution in [0.25, 0.3) is 0 Å². The van der Waals surface area contributed by atoms with E-state index in [9.17, 15) is 4.79 Å². The van der Waals surface area contributed by atoms with Crippen molar-refractivity contribution in [2.24, 2.45) is 5.41 Å². The minimum Gasteiger partial charge on any atom is -0.481 e. The van der Waals surface area contributed by atoms with Gasteiger partial charge in [0.1, 0.15) is 0 Å². The number of rotatable bonds is 4. The van der Waals surface area contributed by atoms with Crippen LogP contribution >= 0.6 is 32.1 Å². The summed E-state index contributed by atoms with van der Waals surface area (Å²) >= 11 is 6.73. The van der Waals surface area contributed by atoms with Crippen LogP contribution in [0.1, 0.15) is 17.5 Å². The highest BCUT2D eigenvalue weighted by atomic mass is 79.9. The topological polar surface area (TPSA) is 49.3 Å². The molecule has 0 bridgehead atoms. The number of hydrogen-bond acceptors (Lipinski definition) is 2. The fourth-order valence-electron chi connectivity index (χ4n) is 2.58. The van der Waals surface area contributed by atoms with E-state index >= 15 is 0 Å². The van der Waals surface area contributed by atoms with Crippen LogP contribution in [-0.4, -0.2) is 17.6 Å². The van der Waals surface area contributed by atoms with E-state index in [1.807, 2.05) is 12.1 Å². The van der Waals surface area contributed by atoms with Crippen molar-refractivity contribution in [3.8, 4) is 0 Å². The van der Waals surface area contributed by atoms with Crippen molar-refractivity contribution < 1.29 is 9.90 Å². The van der Waals surface area contributed by atoms with E-state index in [-0.39, 0.29) is 11.8 Å². The number of carbonyl (C=O) groups is 1. The average Bonchev–Trinajstić information content (AvgIpc) is 2.57. The van der Waals surface area contributed by atoms with Gasteiger partial charge in [-0.25, -0.2) is 0 Å². The van der Waals surface area contributed by atoms with Crippen LogP contribution in [-0.2, 0) is 17.6 Å². The molecule has 92 valence electrons. The number of benzene rings is 1. The van der Waals surface area contributed by atoms with E-state index in [1.165, 1.54) is 11.1 Å². The van der Waals surface area contributed by atoms with Gasteiger partial charge in [-0.15, -0.1) is 0 Å². The second-order valence-electron chi connectivity index (χ2n) is 4.61. The summed E-state index contributed by atoms with van der Waals surface area (Å²) in [6, 6.07) is 6.09. The molecule has 0 aliphatic heterocycles. The Bertz CT molecular complexity index is 450. The van der Waals surface area contributed by atoms with Crippen molar-refractivity contribution in [1.82, 2.24) is 4.34 Å². The molecule has 1 aromatic rings. The Morgan fingerprint density at radius 1 is 1.47 bits per heavy atom. The SMILES string of the molecule is O=C(O)CC1(CNBr)Cc2cccc(Br)c2C1. The third kappa shape index (κ3) is 2.72. The van der Waals surface area contributed by atoms with Gasteiger partial charge >= 0.3 is 5.97 Å². The molecule has 0 amide bonds. The Kier molecular flexibility index (Phi) is 3.90. The second-order valence-corrected chi connectivity index (χ2v) is 6.03. The number of nitrogens with one attached hydrogen (secondary N) is 1. The van der Waals surface area contributed by atoms with Crippen LogP contribution < -0.4 is 4.34 Å². The van der Waals surface area contributed by atoms with Crippen LogP contribution in [0.4, 0.5) is 0 Å². The van der Waals surface area contributed by atoms with Gasteiger partial charge in [0.15, 0.2) is 0 Å². The van der Waals surface area contributed by atoms with Crippen LogP contribution in [0.5, 0.6) is 0 Å². The van der Waals surface area contributed by atoms with Crippen molar-refractivity contribution >= 4 is 38.0 Å². The molecule has 2 rings (SSSR count). The summed E-state index contributed by atoms with van der Waals surface area (Å²) in [5.74, 6) is -0.739. The summed E-state index contributed by atoms with van der Waals surface area (Å²) in [6.45, 7) is 0.653. The standard InChI is InChI=1S/C12H13Br2NO2/c13-10-3-1-2-8-4-12(7-15-14,5-9(8)10)6-11(16)17/h1-3,15H,4-7H2,(H,16,17). The summed E-state index contributed by atoms with van der Waals surface area (Å²) in [7, 11) is 0. The van der Waals surface area contributed by atoms with E-state index in [0.29, 0.717) is 6.54 Å². The Hall–Kier alpha value is -0.390. The lowest BCUT2D eigenvalue weighted by atomic mass is 9.81. The Morgan fingerprint density at radius 2 is 2.24 bits per heavy atom. The Morgan fingerprint density at radius 3 is 2.82 bits per heavy atom. The molecule has 1 aromatic carbocycles. The normalized spacial score (nSPS) is 22.5. The maximum atomic E-state index is 11.0. The lowest BCUT2D eigenvalue weighted by Gasteiger charge is -2.26. The molecule has 1 aliphatic rings. The smallest absolute Gasteiger partial charge is 0.303 e. The fourth-order valence-corrected chi connectivity index (χ4v) is 3.73. The Balaban J connectivity index is 2.30. The minimum absolute atomic E-state index is 0.187. The van der Waals surface area contributed by atoms with Crippen molar-refractivity contribution in [3.05, 3.63) is 33.8 Å². The van der Waals surface area contributed by atoms with Gasteiger partial charge in [-0.2, -0.15) is 0 Å². The molecule has 0 radical (unpaired) electrons. The summed E-state index contributed by atoms with van der Waals surface area (Å²) in [6.07, 6.45) is 1.80. The summed E-state index contributed by atoms with van der Waals surface area (Å²) in [5.41, 5.74) is 2.28. The molecule has 1 unspecified atom stereocenters. The summed E-state index contributed by atoms with van der Waals surface area (Å²) < 4.78 is 4.02. The third-order valence-electron chi connectivity index (χ3n) is 3.30. The van der Waals surface area contributed by atoms with Gasteiger partial charge in [0.25, 0.3) is 0 Å². The molecule has 0 fully saturated rings. The van der Waals surface area contributed by atoms with Gasteiger partial charge in [-0.3, -0.25) is 9.14 Å². The van der Waals surface area contributed by atoms with Crippen LogP contribution in [0.2, 0.25) is 0 Å². The third-order valence-corrected chi connectivity index (χ3v) is 4.32. The highest BCUT2D eigenvalue weighted by Crippen LogP contribution is 2.42. The molecule has 1 atom stereocenters. The van der Waals surface area contributed by atoms with Gasteiger partial charge < -0.3 is 5.11 Å². The number of aliphatic carboxylic acids is 1. The van der Waals surface area contributed by atoms with Crippen LogP contribution in [0.15, 0.2) is 22.7 Å². The molecule has 0 saturated carbocycles. The van der Waals surface area contributed by atoms with Crippen LogP contribution in [0.3, 0.4) is 0 Å². The predicted molar refractivity (Wildman–Crippen MR) is 73.2 cm³/mol. The fraction of sp³-hybridized carbons (Fsp3) is 0.417. The first-order valence-corrected chi connectivity index (χ1v) is 6.96. The van der Waals surface area contributed by atoms with Gasteiger partial charge in [-0.1, -0.05) is 28.1 Å². The molecule has 0 saturated heterocycles. The van der Waals surface area contributed by atoms with E-state index in [4.69, 9.17) is 5.11 Å². The molecule has 0 heterocycles. The highest BCUT2D eigenvalue weighted by Gasteiger charge is 2.39. The first kappa shape index (κ1) is 13.1. The highest BCUT2D eigenvalue weighted by molar-refractivity contribution is 9.10. The second kappa shape index (κ2) is 5.08. The Labute approximate surface area is 117 Å². The van der Waals surface area contributed by atoms with Crippen molar-refractivity contribution in [2.75, 3.05) is 6.54 Å². The molecule has 0 spiro atoms. The first-order valence-electron chi connectivity index (χ1n) is 5.38. The predicted octanol–water partition coefficient (Wildman–Crippen LogP) is 2.91. The molecule has 2 N–H and O–H groups in total. The van der Waals surface area contributed by atoms with Gasteiger partial charge in [-0.05, 0) is 30.0 Å². The maximum Gasteiger partial charge on any atom is 0.303 e. The molecule has 3 nitrogen and oxygen atoms in total. The average molecular weight is 363 g/mol. The minimum atomic E-state index is -0.739. The van der Waals surface area contributed by atoms with Crippen LogP contribution in [0, 0.1) is 5.41 Å². The molecular weight excluding hydrogens is 350 g/mol. The maximum absolute atomic E-state index is 11.0. The number of fused-ring (bicyclic) bond motifs is 1. The lowest BCUT2D eigenvalue weighted by Crippen LogP contribution is -2.33. The van der Waals surface area contributed by atoms with Gasteiger partial charge in [0, 0.05) is 32.6 Å². The lowest BCUT2D eigenvalue weighted by molar-refractivity contribution is -0.139. The largest absolute Gasteiger partial charge is 0.481 e. The zero-order valence-electron chi connectivity index (χ0n) is 9.17. The first-order chi connectivity index (χ1) is 8.06. The van der Waals surface area contributed by atoms with E-state index in [0.717, 1.165) is 17.3 Å². The monoisotopic (exact) mass is 361 g/mol. The van der Waals surface area contributed by atoms with Gasteiger partial charge in [0.2, 0.25) is 0 Å². The molecule has 5 heteroatoms. The number of halogens is 2. The van der Waals surface area contributed by atoms with E-state index in [1.54, 1.807) is 0 Å². The van der Waals surface area contributed by atoms with E-state index in [2.05, 4.69) is 42.5 Å². The number of carboxylic acid groups (broad SMARTS) is 1. The van der Waals surface area contributed by atoms with E-state index < -0.39 is 5.97 Å². The molecule has 1 aliphatic carbocycles. The zero-order valence-corrected chi connectivity index (χ0v) is 12.3. The number of hydrogen-bond donors (Lipinski definition) is 2. The van der Waals surface area contributed by atoms with Crippen molar-refractivity contribution in [3.63, 3.8) is 0 Å². The molecule has 17 heavy (non-hydrogen) atoms. The van der Waals surface area contributed by atoms with Crippen molar-refractivity contribution in [1.29, 1.82) is 0 Å². The summed E-state index contributed by atoms with van der Waals surface area (Å²) in [5, 5.41) is 9.06. The quantitative estimate of drug-likeness (QED) is 0.809.